The summed E-state index contributed by atoms with van der Waals surface area (Å²) < 4.78 is 27.0. The van der Waals surface area contributed by atoms with Crippen molar-refractivity contribution in [3.8, 4) is 0 Å². The molecule has 2 aromatic rings. The first-order valence-electron chi connectivity index (χ1n) is 5.49. The molecule has 2 rings (SSSR count). The lowest BCUT2D eigenvalue weighted by atomic mass is 10.2. The molecule has 112 valence electrons. The predicted octanol–water partition coefficient (Wildman–Crippen LogP) is 4.24. The second kappa shape index (κ2) is 6.26. The Morgan fingerprint density at radius 1 is 1.29 bits per heavy atom. The number of amides is 1. The van der Waals surface area contributed by atoms with Gasteiger partial charge in [0.05, 0.1) is 14.4 Å². The molecule has 0 aliphatic carbocycles. The fourth-order valence-electron chi connectivity index (χ4n) is 1.47. The van der Waals surface area contributed by atoms with E-state index in [4.69, 9.17) is 23.2 Å². The zero-order chi connectivity index (χ0) is 15.8. The number of sulfonamides is 1. The highest BCUT2D eigenvalue weighted by molar-refractivity contribution is 9.11. The summed E-state index contributed by atoms with van der Waals surface area (Å²) in [5, 5.41) is 0.441. The second-order valence-electron chi connectivity index (χ2n) is 4.08. The monoisotopic (exact) mass is 427 g/mol. The minimum absolute atomic E-state index is 0.0389. The predicted molar refractivity (Wildman–Crippen MR) is 87.9 cm³/mol. The number of aryl methyl sites for hydroxylation is 1. The van der Waals surface area contributed by atoms with Crippen molar-refractivity contribution in [2.45, 2.75) is 11.1 Å². The van der Waals surface area contributed by atoms with Crippen LogP contribution in [0.3, 0.4) is 0 Å². The van der Waals surface area contributed by atoms with E-state index in [0.29, 0.717) is 8.81 Å². The fraction of sp³-hybridized carbons (Fsp3) is 0.0833. The average Bonchev–Trinajstić information content (AvgIpc) is 2.69. The van der Waals surface area contributed by atoms with Crippen molar-refractivity contribution in [3.63, 3.8) is 0 Å². The Bertz CT molecular complexity index is 798. The first kappa shape index (κ1) is 16.8. The summed E-state index contributed by atoms with van der Waals surface area (Å²) in [6.45, 7) is 1.76. The van der Waals surface area contributed by atoms with E-state index >= 15 is 0 Å². The summed E-state index contributed by atoms with van der Waals surface area (Å²) in [4.78, 5) is 12.0. The molecule has 1 N–H and O–H groups in total. The molecule has 0 saturated heterocycles. The molecule has 0 atom stereocenters. The maximum Gasteiger partial charge on any atom is 0.273 e. The second-order valence-corrected chi connectivity index (χ2v) is 9.20. The van der Waals surface area contributed by atoms with Crippen LogP contribution in [0.2, 0.25) is 10.0 Å². The van der Waals surface area contributed by atoms with Crippen LogP contribution in [0.5, 0.6) is 0 Å². The van der Waals surface area contributed by atoms with E-state index in [-0.39, 0.29) is 14.8 Å². The Morgan fingerprint density at radius 3 is 2.48 bits per heavy atom. The summed E-state index contributed by atoms with van der Waals surface area (Å²) >= 11 is 15.9. The van der Waals surface area contributed by atoms with Gasteiger partial charge in [-0.1, -0.05) is 23.2 Å². The standard InChI is InChI=1S/C12H8BrCl2NO3S2/c1-6-4-10(20-11(6)13)21(18,19)16-12(17)8-3-2-7(14)5-9(8)15/h2-5H,1H3,(H,16,17). The molecule has 0 radical (unpaired) electrons. The Hall–Kier alpha value is -0.600. The Morgan fingerprint density at radius 2 is 1.95 bits per heavy atom. The molecule has 0 fully saturated rings. The SMILES string of the molecule is Cc1cc(S(=O)(=O)NC(=O)c2ccc(Cl)cc2Cl)sc1Br. The lowest BCUT2D eigenvalue weighted by molar-refractivity contribution is 0.0981. The van der Waals surface area contributed by atoms with Crippen molar-refractivity contribution < 1.29 is 13.2 Å². The highest BCUT2D eigenvalue weighted by atomic mass is 79.9. The number of rotatable bonds is 3. The summed E-state index contributed by atoms with van der Waals surface area (Å²) in [6.07, 6.45) is 0. The van der Waals surface area contributed by atoms with Crippen LogP contribution in [0.15, 0.2) is 32.3 Å². The van der Waals surface area contributed by atoms with Gasteiger partial charge < -0.3 is 0 Å². The van der Waals surface area contributed by atoms with Gasteiger partial charge in [-0.15, -0.1) is 11.3 Å². The molecule has 0 saturated carbocycles. The van der Waals surface area contributed by atoms with E-state index in [1.807, 2.05) is 4.72 Å². The molecule has 1 aromatic carbocycles. The Kier molecular flexibility index (Phi) is 4.99. The molecule has 0 aliphatic heterocycles. The molecule has 21 heavy (non-hydrogen) atoms. The number of nitrogens with one attached hydrogen (secondary N) is 1. The molecule has 1 aromatic heterocycles. The van der Waals surface area contributed by atoms with Gasteiger partial charge in [-0.2, -0.15) is 0 Å². The minimum atomic E-state index is -3.94. The molecule has 0 bridgehead atoms. The zero-order valence-electron chi connectivity index (χ0n) is 10.5. The third-order valence-electron chi connectivity index (χ3n) is 2.50. The van der Waals surface area contributed by atoms with Gasteiger partial charge in [0.25, 0.3) is 15.9 Å². The van der Waals surface area contributed by atoms with Gasteiger partial charge in [0, 0.05) is 5.02 Å². The molecular formula is C12H8BrCl2NO3S2. The van der Waals surface area contributed by atoms with Gasteiger partial charge in [0.2, 0.25) is 0 Å². The minimum Gasteiger partial charge on any atom is -0.268 e. The molecule has 9 heteroatoms. The van der Waals surface area contributed by atoms with Gasteiger partial charge in [-0.05, 0) is 52.7 Å². The zero-order valence-corrected chi connectivity index (χ0v) is 15.2. The quantitative estimate of drug-likeness (QED) is 0.794. The molecule has 1 amide bonds. The van der Waals surface area contributed by atoms with Gasteiger partial charge in [-0.25, -0.2) is 13.1 Å². The number of carbonyl (C=O) groups excluding carboxylic acids is 1. The summed E-state index contributed by atoms with van der Waals surface area (Å²) in [5.74, 6) is -0.807. The largest absolute Gasteiger partial charge is 0.273 e. The van der Waals surface area contributed by atoms with E-state index in [2.05, 4.69) is 15.9 Å². The lowest BCUT2D eigenvalue weighted by Gasteiger charge is -2.06. The maximum absolute atomic E-state index is 12.1. The van der Waals surface area contributed by atoms with Gasteiger partial charge >= 0.3 is 0 Å². The number of halogens is 3. The Labute approximate surface area is 144 Å². The molecular weight excluding hydrogens is 421 g/mol. The van der Waals surface area contributed by atoms with Crippen molar-refractivity contribution in [3.05, 3.63) is 49.2 Å². The highest BCUT2D eigenvalue weighted by Crippen LogP contribution is 2.30. The van der Waals surface area contributed by atoms with Crippen molar-refractivity contribution >= 4 is 66.4 Å². The number of thiophene rings is 1. The first-order chi connectivity index (χ1) is 9.70. The average molecular weight is 429 g/mol. The molecule has 1 heterocycles. The molecule has 0 unspecified atom stereocenters. The lowest BCUT2D eigenvalue weighted by Crippen LogP contribution is -2.30. The van der Waals surface area contributed by atoms with E-state index in [1.165, 1.54) is 24.3 Å². The fourth-order valence-corrected chi connectivity index (χ4v) is 5.15. The van der Waals surface area contributed by atoms with Crippen LogP contribution in [0.4, 0.5) is 0 Å². The summed E-state index contributed by atoms with van der Waals surface area (Å²) in [7, 11) is -3.94. The van der Waals surface area contributed by atoms with Crippen LogP contribution < -0.4 is 4.72 Å². The number of carbonyl (C=O) groups is 1. The van der Waals surface area contributed by atoms with E-state index in [9.17, 15) is 13.2 Å². The normalized spacial score (nSPS) is 11.4. The topological polar surface area (TPSA) is 63.2 Å². The summed E-state index contributed by atoms with van der Waals surface area (Å²) in [6, 6.07) is 5.68. The third-order valence-corrected chi connectivity index (χ3v) is 6.99. The van der Waals surface area contributed by atoms with Crippen molar-refractivity contribution in [2.24, 2.45) is 0 Å². The number of hydrogen-bond donors (Lipinski definition) is 1. The number of benzene rings is 1. The van der Waals surface area contributed by atoms with Crippen molar-refractivity contribution in [1.29, 1.82) is 0 Å². The smallest absolute Gasteiger partial charge is 0.268 e. The van der Waals surface area contributed by atoms with Crippen molar-refractivity contribution in [2.75, 3.05) is 0 Å². The summed E-state index contributed by atoms with van der Waals surface area (Å²) in [5.41, 5.74) is 0.814. The number of hydrogen-bond acceptors (Lipinski definition) is 4. The third kappa shape index (κ3) is 3.78. The van der Waals surface area contributed by atoms with Crippen LogP contribution in [0.1, 0.15) is 15.9 Å². The van der Waals surface area contributed by atoms with E-state index in [1.54, 1.807) is 6.92 Å². The molecule has 4 nitrogen and oxygen atoms in total. The van der Waals surface area contributed by atoms with E-state index in [0.717, 1.165) is 16.9 Å². The highest BCUT2D eigenvalue weighted by Gasteiger charge is 2.23. The maximum atomic E-state index is 12.1. The van der Waals surface area contributed by atoms with Gasteiger partial charge in [0.1, 0.15) is 4.21 Å². The van der Waals surface area contributed by atoms with E-state index < -0.39 is 15.9 Å². The first-order valence-corrected chi connectivity index (χ1v) is 9.33. The van der Waals surface area contributed by atoms with Crippen molar-refractivity contribution in [1.82, 2.24) is 4.72 Å². The van der Waals surface area contributed by atoms with Gasteiger partial charge in [0.15, 0.2) is 0 Å². The Balaban J connectivity index is 2.30. The van der Waals surface area contributed by atoms with Gasteiger partial charge in [-0.3, -0.25) is 4.79 Å². The van der Waals surface area contributed by atoms with Crippen LogP contribution in [0.25, 0.3) is 0 Å². The van der Waals surface area contributed by atoms with Crippen LogP contribution in [-0.4, -0.2) is 14.3 Å². The molecule has 0 aliphatic rings. The van der Waals surface area contributed by atoms with Crippen LogP contribution in [-0.2, 0) is 10.0 Å². The molecule has 0 spiro atoms. The van der Waals surface area contributed by atoms with Crippen LogP contribution in [0, 0.1) is 6.92 Å². The van der Waals surface area contributed by atoms with Crippen LogP contribution >= 0.6 is 50.5 Å².